The maximum atomic E-state index is 12.6. The fraction of sp³-hybridized carbons (Fsp3) is 0.133. The van der Waals surface area contributed by atoms with Crippen molar-refractivity contribution in [1.82, 2.24) is 0 Å². The van der Waals surface area contributed by atoms with Crippen LogP contribution >= 0.6 is 0 Å². The molecule has 0 atom stereocenters. The van der Waals surface area contributed by atoms with Gasteiger partial charge in [0.05, 0.1) is 0 Å². The summed E-state index contributed by atoms with van der Waals surface area (Å²) in [5.74, 6) is 0.0772. The van der Waals surface area contributed by atoms with Crippen LogP contribution in [0.2, 0.25) is 0 Å². The summed E-state index contributed by atoms with van der Waals surface area (Å²) in [6.45, 7) is 15.5. The van der Waals surface area contributed by atoms with E-state index in [4.69, 9.17) is 0 Å². The van der Waals surface area contributed by atoms with Crippen molar-refractivity contribution in [1.29, 1.82) is 0 Å². The van der Waals surface area contributed by atoms with Crippen molar-refractivity contribution >= 4 is 65.8 Å². The second kappa shape index (κ2) is 6.86. The summed E-state index contributed by atoms with van der Waals surface area (Å²) in [6.07, 6.45) is 0. The molecule has 2 nitrogen and oxygen atoms in total. The number of carbonyl (C=O) groups excluding carboxylic acids is 2. The van der Waals surface area contributed by atoms with Crippen LogP contribution in [0.3, 0.4) is 0 Å². The van der Waals surface area contributed by atoms with Gasteiger partial charge >= 0.3 is 0 Å². The summed E-state index contributed by atoms with van der Waals surface area (Å²) in [5, 5.41) is 8.38. The van der Waals surface area contributed by atoms with Gasteiger partial charge in [0.25, 0.3) is 0 Å². The lowest BCUT2D eigenvalue weighted by Crippen LogP contribution is -2.01. The zero-order valence-corrected chi connectivity index (χ0v) is 18.8. The Balaban J connectivity index is 2.17. The Morgan fingerprint density at radius 3 is 1.00 bits per heavy atom. The minimum Gasteiger partial charge on any atom is -0.294 e. The molecule has 0 saturated carbocycles. The molecule has 5 aromatic rings. The number of allylic oxidation sites excluding steroid dienone is 2. The first-order valence-corrected chi connectivity index (χ1v) is 10.8. The fourth-order valence-corrected chi connectivity index (χ4v) is 5.19. The smallest absolute Gasteiger partial charge is 0.160 e. The SMILES string of the molecule is C=C(C)c1ccc2c3ccc(C(=C)C)c4c(C(C)=O)ccc(c5ccc(C(C)=O)c1c25)c43. The minimum atomic E-state index is 0.0386. The highest BCUT2D eigenvalue weighted by atomic mass is 16.1. The van der Waals surface area contributed by atoms with E-state index in [9.17, 15) is 9.59 Å². The van der Waals surface area contributed by atoms with Gasteiger partial charge in [0.1, 0.15) is 0 Å². The van der Waals surface area contributed by atoms with E-state index in [1.807, 2.05) is 38.1 Å². The molecule has 0 N–H and O–H groups in total. The molecular weight excluding hydrogens is 392 g/mol. The van der Waals surface area contributed by atoms with Crippen molar-refractivity contribution in [2.24, 2.45) is 0 Å². The van der Waals surface area contributed by atoms with Gasteiger partial charge in [-0.2, -0.15) is 0 Å². The average Bonchev–Trinajstić information content (AvgIpc) is 2.75. The lowest BCUT2D eigenvalue weighted by atomic mass is 9.82. The van der Waals surface area contributed by atoms with Crippen LogP contribution < -0.4 is 0 Å². The number of Topliss-reactive ketones (excluding diaryl/α,β-unsaturated/α-hetero) is 2. The van der Waals surface area contributed by atoms with Crippen molar-refractivity contribution in [3.63, 3.8) is 0 Å². The number of ketones is 2. The van der Waals surface area contributed by atoms with Gasteiger partial charge in [0, 0.05) is 21.9 Å². The van der Waals surface area contributed by atoms with E-state index in [1.54, 1.807) is 13.8 Å². The standard InChI is InChI=1S/C30H24O2/c1-15(2)19-7-11-23-24-12-8-20(16(3)4)28-22(18(6)32)10-14-26(30(24)28)25-13-9-21(17(5)31)27(19)29(23)25/h7-14H,1,3H2,2,4-6H3. The first-order chi connectivity index (χ1) is 15.2. The fourth-order valence-electron chi connectivity index (χ4n) is 5.19. The number of benzene rings is 5. The highest BCUT2D eigenvalue weighted by Crippen LogP contribution is 2.45. The molecule has 156 valence electrons. The monoisotopic (exact) mass is 416 g/mol. The molecule has 0 aliphatic heterocycles. The number of hydrogen-bond donors (Lipinski definition) is 0. The molecule has 32 heavy (non-hydrogen) atoms. The molecule has 0 unspecified atom stereocenters. The first-order valence-electron chi connectivity index (χ1n) is 10.8. The molecule has 0 aromatic heterocycles. The van der Waals surface area contributed by atoms with E-state index in [2.05, 4.69) is 37.4 Å². The van der Waals surface area contributed by atoms with Crippen molar-refractivity contribution in [2.45, 2.75) is 27.7 Å². The molecule has 0 aliphatic rings. The second-order valence-corrected chi connectivity index (χ2v) is 8.82. The third-order valence-corrected chi connectivity index (χ3v) is 6.58. The summed E-state index contributed by atoms with van der Waals surface area (Å²) < 4.78 is 0. The summed E-state index contributed by atoms with van der Waals surface area (Å²) in [5.41, 5.74) is 5.27. The molecule has 0 heterocycles. The molecular formula is C30H24O2. The maximum absolute atomic E-state index is 12.6. The van der Waals surface area contributed by atoms with Gasteiger partial charge in [-0.15, -0.1) is 0 Å². The predicted molar refractivity (Wildman–Crippen MR) is 137 cm³/mol. The second-order valence-electron chi connectivity index (χ2n) is 8.82. The van der Waals surface area contributed by atoms with E-state index in [-0.39, 0.29) is 11.6 Å². The van der Waals surface area contributed by atoms with Gasteiger partial charge in [-0.25, -0.2) is 0 Å². The van der Waals surface area contributed by atoms with Crippen LogP contribution in [-0.4, -0.2) is 11.6 Å². The molecule has 0 saturated heterocycles. The van der Waals surface area contributed by atoms with E-state index in [0.29, 0.717) is 11.1 Å². The molecule has 0 bridgehead atoms. The Morgan fingerprint density at radius 2 is 0.750 bits per heavy atom. The molecule has 0 aliphatic carbocycles. The van der Waals surface area contributed by atoms with Crippen molar-refractivity contribution in [3.05, 3.63) is 83.9 Å². The summed E-state index contributed by atoms with van der Waals surface area (Å²) in [6, 6.07) is 16.3. The highest BCUT2D eigenvalue weighted by Gasteiger charge is 2.21. The van der Waals surface area contributed by atoms with Crippen LogP contribution in [-0.2, 0) is 0 Å². The third-order valence-electron chi connectivity index (χ3n) is 6.58. The predicted octanol–water partition coefficient (Wildman–Crippen LogP) is 8.21. The molecule has 0 radical (unpaired) electrons. The average molecular weight is 417 g/mol. The van der Waals surface area contributed by atoms with E-state index >= 15 is 0 Å². The maximum Gasteiger partial charge on any atom is 0.160 e. The molecule has 0 fully saturated rings. The van der Waals surface area contributed by atoms with Gasteiger partial charge < -0.3 is 0 Å². The van der Waals surface area contributed by atoms with Gasteiger partial charge in [-0.1, -0.05) is 72.8 Å². The van der Waals surface area contributed by atoms with E-state index < -0.39 is 0 Å². The number of carbonyl (C=O) groups is 2. The van der Waals surface area contributed by atoms with Gasteiger partial charge in [0.15, 0.2) is 11.6 Å². The summed E-state index contributed by atoms with van der Waals surface area (Å²) >= 11 is 0. The van der Waals surface area contributed by atoms with Crippen molar-refractivity contribution in [3.8, 4) is 0 Å². The van der Waals surface area contributed by atoms with Crippen LogP contribution in [0.5, 0.6) is 0 Å². The Labute approximate surface area is 187 Å². The van der Waals surface area contributed by atoms with Crippen molar-refractivity contribution in [2.75, 3.05) is 0 Å². The van der Waals surface area contributed by atoms with E-state index in [0.717, 1.165) is 65.4 Å². The van der Waals surface area contributed by atoms with Crippen LogP contribution in [0.1, 0.15) is 59.5 Å². The molecule has 5 rings (SSSR count). The Bertz CT molecular complexity index is 1420. The zero-order chi connectivity index (χ0) is 22.9. The van der Waals surface area contributed by atoms with Crippen LogP contribution in [0.4, 0.5) is 0 Å². The lowest BCUT2D eigenvalue weighted by molar-refractivity contribution is 0.101. The Hall–Kier alpha value is -3.78. The van der Waals surface area contributed by atoms with Crippen LogP contribution in [0.25, 0.3) is 54.2 Å². The molecule has 0 amide bonds. The normalized spacial score (nSPS) is 11.6. The summed E-state index contributed by atoms with van der Waals surface area (Å²) in [7, 11) is 0. The third kappa shape index (κ3) is 2.59. The minimum absolute atomic E-state index is 0.0386. The quantitative estimate of drug-likeness (QED) is 0.168. The number of hydrogen-bond acceptors (Lipinski definition) is 2. The number of fused-ring (bicyclic) bond motifs is 2. The van der Waals surface area contributed by atoms with E-state index in [1.165, 1.54) is 0 Å². The van der Waals surface area contributed by atoms with Gasteiger partial charge in [-0.05, 0) is 71.1 Å². The molecule has 0 spiro atoms. The lowest BCUT2D eigenvalue weighted by Gasteiger charge is -2.20. The molecule has 5 aromatic carbocycles. The van der Waals surface area contributed by atoms with Gasteiger partial charge in [-0.3, -0.25) is 9.59 Å². The van der Waals surface area contributed by atoms with Crippen LogP contribution in [0, 0.1) is 0 Å². The number of rotatable bonds is 4. The highest BCUT2D eigenvalue weighted by molar-refractivity contribution is 6.37. The largest absolute Gasteiger partial charge is 0.294 e. The summed E-state index contributed by atoms with van der Waals surface area (Å²) in [4.78, 5) is 25.1. The van der Waals surface area contributed by atoms with Gasteiger partial charge in [0.2, 0.25) is 0 Å². The topological polar surface area (TPSA) is 34.1 Å². The first kappa shape index (κ1) is 20.1. The van der Waals surface area contributed by atoms with Crippen molar-refractivity contribution < 1.29 is 9.59 Å². The van der Waals surface area contributed by atoms with Crippen LogP contribution in [0.15, 0.2) is 61.7 Å². The molecule has 2 heteroatoms. The zero-order valence-electron chi connectivity index (χ0n) is 18.8. The Kier molecular flexibility index (Phi) is 4.32. The Morgan fingerprint density at radius 1 is 0.469 bits per heavy atom.